The molecule has 9 atom stereocenters. The van der Waals surface area contributed by atoms with Crippen LogP contribution in [0.4, 0.5) is 0 Å². The van der Waals surface area contributed by atoms with Gasteiger partial charge in [0.25, 0.3) is 0 Å². The molecule has 1 heterocycles. The highest BCUT2D eigenvalue weighted by molar-refractivity contribution is 5.25. The molecule has 392 valence electrons. The number of hydrogen-bond acceptors (Lipinski definition) is 6. The number of ether oxygens (including phenoxy) is 5. The van der Waals surface area contributed by atoms with Gasteiger partial charge in [0.2, 0.25) is 0 Å². The van der Waals surface area contributed by atoms with Crippen LogP contribution in [0.25, 0.3) is 0 Å². The molecule has 0 aromatic heterocycles. The van der Waals surface area contributed by atoms with Crippen LogP contribution in [0.1, 0.15) is 208 Å². The first-order valence-corrected chi connectivity index (χ1v) is 29.5. The third kappa shape index (κ3) is 20.0. The maximum Gasteiger partial charge on any atom is 0.0936 e. The largest absolute Gasteiger partial charge is 0.379 e. The second kappa shape index (κ2) is 33.4. The fraction of sp³-hybridized carbons (Fsp3) is 0.871. The summed E-state index contributed by atoms with van der Waals surface area (Å²) in [6.45, 7) is 24.1. The Morgan fingerprint density at radius 1 is 0.676 bits per heavy atom. The molecule has 68 heavy (non-hydrogen) atoms. The first kappa shape index (κ1) is 57.6. The van der Waals surface area contributed by atoms with Gasteiger partial charge in [0.15, 0.2) is 0 Å². The van der Waals surface area contributed by atoms with Gasteiger partial charge in [-0.2, -0.15) is 0 Å². The summed E-state index contributed by atoms with van der Waals surface area (Å²) in [5.41, 5.74) is 2.88. The molecule has 0 aromatic rings. The first-order valence-electron chi connectivity index (χ1n) is 29.5. The second-order valence-electron chi connectivity index (χ2n) is 23.5. The number of rotatable bonds is 38. The maximum absolute atomic E-state index is 6.31. The molecule has 0 bridgehead atoms. The molecule has 6 heteroatoms. The predicted octanol–water partition coefficient (Wildman–Crippen LogP) is 16.0. The van der Waals surface area contributed by atoms with E-state index in [1.54, 1.807) is 0 Å². The fourth-order valence-electron chi connectivity index (χ4n) is 14.0. The minimum Gasteiger partial charge on any atom is -0.379 e. The van der Waals surface area contributed by atoms with Crippen molar-refractivity contribution in [3.05, 3.63) is 48.1 Å². The van der Waals surface area contributed by atoms with Gasteiger partial charge in [-0.1, -0.05) is 147 Å². The molecule has 6 nitrogen and oxygen atoms in total. The highest BCUT2D eigenvalue weighted by Crippen LogP contribution is 2.67. The highest BCUT2D eigenvalue weighted by atomic mass is 16.6. The summed E-state index contributed by atoms with van der Waals surface area (Å²) in [6.07, 6.45) is 51.3. The van der Waals surface area contributed by atoms with Crippen LogP contribution in [0.2, 0.25) is 0 Å². The van der Waals surface area contributed by atoms with Gasteiger partial charge in [0, 0.05) is 32.8 Å². The topological polar surface area (TPSA) is 49.4 Å². The number of nitrogens with zero attached hydrogens (tertiary/aromatic N) is 1. The average Bonchev–Trinajstić information content (AvgIpc) is 3.70. The van der Waals surface area contributed by atoms with Gasteiger partial charge in [0.1, 0.15) is 0 Å². The minimum atomic E-state index is 0.0744. The zero-order valence-electron chi connectivity index (χ0n) is 45.5. The van der Waals surface area contributed by atoms with E-state index >= 15 is 0 Å². The summed E-state index contributed by atoms with van der Waals surface area (Å²) in [7, 11) is 0. The lowest BCUT2D eigenvalue weighted by atomic mass is 9.46. The standard InChI is InChI=1S/C62H109NO5/c1-7-8-9-10-11-12-13-14-15-16-17-18-19-20-21-25-41-67-51-56(50-63-39-23-22-24-40-63)68-48-47-66-46-45-65-44-43-64-42-27-30-54-35-37-61(5)55(49-54)31-32-57-59-34-33-58(53(4)29-26-28-52(2)3)62(59,6)38-36-60(57)61/h11-12,14-15,22-23,31,52-54,56-60H,7-10,13,16-21,24-30,32-51H2,1-6H3/b12-11-,15-14-/t53-,54+,56?,57+,58-,59+,60+,61+,62-/m1/s1. The number of fused-ring (bicyclic) bond motifs is 5. The van der Waals surface area contributed by atoms with E-state index in [2.05, 4.69) is 89.0 Å². The number of hydrogen-bond donors (Lipinski definition) is 0. The third-order valence-corrected chi connectivity index (χ3v) is 18.0. The minimum absolute atomic E-state index is 0.0744. The Labute approximate surface area is 421 Å². The van der Waals surface area contributed by atoms with Gasteiger partial charge in [-0.25, -0.2) is 0 Å². The van der Waals surface area contributed by atoms with E-state index in [0.29, 0.717) is 57.1 Å². The summed E-state index contributed by atoms with van der Waals surface area (Å²) in [4.78, 5) is 2.47. The molecule has 4 aliphatic carbocycles. The smallest absolute Gasteiger partial charge is 0.0936 e. The van der Waals surface area contributed by atoms with E-state index in [1.165, 1.54) is 141 Å². The van der Waals surface area contributed by atoms with Gasteiger partial charge in [0.05, 0.1) is 52.4 Å². The molecule has 0 amide bonds. The second-order valence-corrected chi connectivity index (χ2v) is 23.5. The van der Waals surface area contributed by atoms with E-state index < -0.39 is 0 Å². The van der Waals surface area contributed by atoms with Crippen molar-refractivity contribution in [2.75, 3.05) is 79.1 Å². The van der Waals surface area contributed by atoms with Crippen molar-refractivity contribution in [2.24, 2.45) is 52.3 Å². The normalized spacial score (nSPS) is 28.3. The molecule has 0 aromatic carbocycles. The summed E-state index contributed by atoms with van der Waals surface area (Å²) in [6, 6.07) is 0. The van der Waals surface area contributed by atoms with Crippen molar-refractivity contribution in [1.82, 2.24) is 4.90 Å². The lowest BCUT2D eigenvalue weighted by Crippen LogP contribution is -2.50. The van der Waals surface area contributed by atoms with Crippen LogP contribution in [0.3, 0.4) is 0 Å². The van der Waals surface area contributed by atoms with Crippen LogP contribution in [-0.2, 0) is 23.7 Å². The van der Waals surface area contributed by atoms with Crippen LogP contribution < -0.4 is 0 Å². The molecule has 0 N–H and O–H groups in total. The Kier molecular flexibility index (Phi) is 28.3. The summed E-state index contributed by atoms with van der Waals surface area (Å²) in [5.74, 6) is 6.33. The van der Waals surface area contributed by atoms with E-state index in [1.807, 2.05) is 5.57 Å². The van der Waals surface area contributed by atoms with Crippen LogP contribution >= 0.6 is 0 Å². The first-order chi connectivity index (χ1) is 33.2. The maximum atomic E-state index is 6.31. The van der Waals surface area contributed by atoms with Crippen molar-refractivity contribution < 1.29 is 23.7 Å². The van der Waals surface area contributed by atoms with Gasteiger partial charge in [-0.3, -0.25) is 4.90 Å². The highest BCUT2D eigenvalue weighted by Gasteiger charge is 2.59. The average molecular weight is 949 g/mol. The zero-order valence-corrected chi connectivity index (χ0v) is 45.5. The Morgan fingerprint density at radius 2 is 1.38 bits per heavy atom. The quantitative estimate of drug-likeness (QED) is 0.0454. The Balaban J connectivity index is 0.838. The molecule has 0 saturated heterocycles. The van der Waals surface area contributed by atoms with E-state index in [-0.39, 0.29) is 6.10 Å². The molecule has 3 fully saturated rings. The molecule has 0 radical (unpaired) electrons. The van der Waals surface area contributed by atoms with Gasteiger partial charge in [-0.05, 0) is 161 Å². The Morgan fingerprint density at radius 3 is 2.12 bits per heavy atom. The molecular formula is C62H109NO5. The molecule has 1 unspecified atom stereocenters. The molecule has 5 rings (SSSR count). The van der Waals surface area contributed by atoms with Gasteiger partial charge < -0.3 is 23.7 Å². The Hall–Kier alpha value is -1.28. The molecular weight excluding hydrogens is 839 g/mol. The van der Waals surface area contributed by atoms with Crippen molar-refractivity contribution in [3.8, 4) is 0 Å². The molecule has 3 saturated carbocycles. The van der Waals surface area contributed by atoms with Crippen LogP contribution in [-0.4, -0.2) is 90.1 Å². The predicted molar refractivity (Wildman–Crippen MR) is 288 cm³/mol. The lowest BCUT2D eigenvalue weighted by molar-refractivity contribution is -0.0560. The monoisotopic (exact) mass is 948 g/mol. The fourth-order valence-corrected chi connectivity index (χ4v) is 14.0. The van der Waals surface area contributed by atoms with Crippen LogP contribution in [0.5, 0.6) is 0 Å². The van der Waals surface area contributed by atoms with Crippen LogP contribution in [0, 0.1) is 52.3 Å². The molecule has 1 aliphatic heterocycles. The van der Waals surface area contributed by atoms with Crippen LogP contribution in [0.15, 0.2) is 48.1 Å². The van der Waals surface area contributed by atoms with E-state index in [0.717, 1.165) is 100.0 Å². The lowest BCUT2D eigenvalue weighted by Gasteiger charge is -2.58. The van der Waals surface area contributed by atoms with Crippen molar-refractivity contribution in [3.63, 3.8) is 0 Å². The molecule has 0 spiro atoms. The number of allylic oxidation sites excluding steroid dienone is 6. The van der Waals surface area contributed by atoms with Crippen molar-refractivity contribution >= 4 is 0 Å². The van der Waals surface area contributed by atoms with E-state index in [4.69, 9.17) is 23.7 Å². The zero-order chi connectivity index (χ0) is 48.1. The van der Waals surface area contributed by atoms with Gasteiger partial charge in [-0.15, -0.1) is 0 Å². The van der Waals surface area contributed by atoms with Crippen molar-refractivity contribution in [2.45, 2.75) is 215 Å². The molecule has 5 aliphatic rings. The number of unbranched alkanes of at least 4 members (excludes halogenated alkanes) is 9. The van der Waals surface area contributed by atoms with Gasteiger partial charge >= 0.3 is 0 Å². The van der Waals surface area contributed by atoms with E-state index in [9.17, 15) is 0 Å². The SMILES string of the molecule is CCCCC/C=C\C/C=C\CCCCCCCCOCC(CN1CC=CCC1)OCCOCCOCCOCCC[C@H]1CC[C@@]2(C)C(=CC[C@H]3[C@@H]4CC[C@H]([C@H](C)CCCC(C)C)[C@@]4(C)CC[C@@H]32)C1. The van der Waals surface area contributed by atoms with Crippen molar-refractivity contribution in [1.29, 1.82) is 0 Å². The Bertz CT molecular complexity index is 1420. The third-order valence-electron chi connectivity index (χ3n) is 18.0. The summed E-state index contributed by atoms with van der Waals surface area (Å²) >= 11 is 0. The summed E-state index contributed by atoms with van der Waals surface area (Å²) < 4.78 is 30.2. The summed E-state index contributed by atoms with van der Waals surface area (Å²) in [5, 5.41) is 0.